The van der Waals surface area contributed by atoms with Gasteiger partial charge in [0.05, 0.1) is 25.8 Å². The fraction of sp³-hybridized carbons (Fsp3) is 0.176. The van der Waals surface area contributed by atoms with Crippen LogP contribution in [-0.2, 0) is 16.9 Å². The van der Waals surface area contributed by atoms with Crippen molar-refractivity contribution >= 4 is 43.0 Å². The summed E-state index contributed by atoms with van der Waals surface area (Å²) in [6.45, 7) is 1.55. The van der Waals surface area contributed by atoms with E-state index in [1.807, 2.05) is 0 Å². The van der Waals surface area contributed by atoms with E-state index < -0.39 is 20.7 Å². The Bertz CT molecular complexity index is 1220. The summed E-state index contributed by atoms with van der Waals surface area (Å²) in [6.07, 6.45) is 0. The molecular weight excluding hydrogens is 390 g/mol. The lowest BCUT2D eigenvalue weighted by molar-refractivity contribution is -0.384. The highest BCUT2D eigenvalue weighted by molar-refractivity contribution is 7.91. The van der Waals surface area contributed by atoms with Crippen LogP contribution in [0.1, 0.15) is 17.3 Å². The number of benzene rings is 2. The minimum absolute atomic E-state index is 0.0194. The van der Waals surface area contributed by atoms with Gasteiger partial charge in [-0.3, -0.25) is 14.9 Å². The second-order valence-corrected chi connectivity index (χ2v) is 8.98. The van der Waals surface area contributed by atoms with E-state index in [1.54, 1.807) is 24.6 Å². The number of non-ortho nitro benzene ring substituents is 1. The summed E-state index contributed by atoms with van der Waals surface area (Å²) in [5, 5.41) is 10.9. The molecule has 0 radical (unpaired) electrons. The molecule has 10 heteroatoms. The van der Waals surface area contributed by atoms with Gasteiger partial charge in [0.2, 0.25) is 0 Å². The molecule has 0 aliphatic rings. The summed E-state index contributed by atoms with van der Waals surface area (Å²) in [5.74, 6) is -0.541. The molecule has 3 aromatic rings. The number of aryl methyl sites for hydroxylation is 1. The van der Waals surface area contributed by atoms with Crippen molar-refractivity contribution in [3.8, 4) is 0 Å². The average Bonchev–Trinajstić information content (AvgIpc) is 2.97. The molecule has 0 spiro atoms. The van der Waals surface area contributed by atoms with E-state index >= 15 is 0 Å². The first kappa shape index (κ1) is 18.9. The van der Waals surface area contributed by atoms with Crippen LogP contribution in [0.4, 0.5) is 5.69 Å². The van der Waals surface area contributed by atoms with Crippen LogP contribution >= 0.6 is 11.3 Å². The monoisotopic (exact) mass is 405 g/mol. The van der Waals surface area contributed by atoms with Crippen LogP contribution in [-0.4, -0.2) is 29.6 Å². The van der Waals surface area contributed by atoms with Gasteiger partial charge in [0.15, 0.2) is 14.6 Å². The molecule has 0 aliphatic heterocycles. The highest BCUT2D eigenvalue weighted by atomic mass is 32.2. The first-order valence-electron chi connectivity index (χ1n) is 7.89. The van der Waals surface area contributed by atoms with Gasteiger partial charge >= 0.3 is 0 Å². The number of rotatable bonds is 4. The van der Waals surface area contributed by atoms with E-state index in [0.29, 0.717) is 10.3 Å². The summed E-state index contributed by atoms with van der Waals surface area (Å²) < 4.78 is 26.0. The molecule has 27 heavy (non-hydrogen) atoms. The Kier molecular flexibility index (Phi) is 4.94. The van der Waals surface area contributed by atoms with Gasteiger partial charge in [-0.25, -0.2) is 8.42 Å². The van der Waals surface area contributed by atoms with Crippen molar-refractivity contribution in [2.75, 3.05) is 5.75 Å². The minimum Gasteiger partial charge on any atom is -0.319 e. The number of carbonyl (C=O) groups excluding carboxylic acids is 1. The number of fused-ring (bicyclic) bond motifs is 1. The fourth-order valence-corrected chi connectivity index (χ4v) is 4.34. The zero-order valence-electron chi connectivity index (χ0n) is 14.4. The molecule has 1 amide bonds. The lowest BCUT2D eigenvalue weighted by Crippen LogP contribution is -2.13. The number of hydrogen-bond donors (Lipinski definition) is 0. The Morgan fingerprint density at radius 3 is 2.48 bits per heavy atom. The largest absolute Gasteiger partial charge is 0.319 e. The van der Waals surface area contributed by atoms with Gasteiger partial charge in [-0.2, -0.15) is 4.99 Å². The van der Waals surface area contributed by atoms with Crippen molar-refractivity contribution < 1.29 is 18.1 Å². The summed E-state index contributed by atoms with van der Waals surface area (Å²) in [5.41, 5.74) is 0.820. The molecule has 0 unspecified atom stereocenters. The molecule has 0 atom stereocenters. The lowest BCUT2D eigenvalue weighted by atomic mass is 10.2. The van der Waals surface area contributed by atoms with Gasteiger partial charge in [-0.15, -0.1) is 0 Å². The third-order valence-electron chi connectivity index (χ3n) is 4.04. The summed E-state index contributed by atoms with van der Waals surface area (Å²) >= 11 is 1.24. The Hall–Kier alpha value is -2.85. The molecule has 0 N–H and O–H groups in total. The van der Waals surface area contributed by atoms with Crippen molar-refractivity contribution in [2.45, 2.75) is 11.8 Å². The van der Waals surface area contributed by atoms with Crippen molar-refractivity contribution in [3.05, 3.63) is 62.9 Å². The second-order valence-electron chi connectivity index (χ2n) is 5.70. The number of thiazole rings is 1. The van der Waals surface area contributed by atoms with Gasteiger partial charge in [-0.05, 0) is 30.3 Å². The summed E-state index contributed by atoms with van der Waals surface area (Å²) in [7, 11) is -1.66. The molecule has 140 valence electrons. The number of sulfone groups is 1. The van der Waals surface area contributed by atoms with Crippen LogP contribution in [0.25, 0.3) is 10.2 Å². The second kappa shape index (κ2) is 7.05. The van der Waals surface area contributed by atoms with E-state index in [2.05, 4.69) is 4.99 Å². The highest BCUT2D eigenvalue weighted by Crippen LogP contribution is 2.22. The van der Waals surface area contributed by atoms with E-state index in [4.69, 9.17) is 0 Å². The van der Waals surface area contributed by atoms with Gasteiger partial charge < -0.3 is 4.57 Å². The summed E-state index contributed by atoms with van der Waals surface area (Å²) in [4.78, 5) is 27.5. The number of nitro benzene ring substituents is 1. The number of amides is 1. The normalized spacial score (nSPS) is 12.4. The molecule has 0 saturated heterocycles. The Balaban J connectivity index is 2.00. The number of aromatic nitrogens is 1. The predicted octanol–water partition coefficient (Wildman–Crippen LogP) is 2.68. The van der Waals surface area contributed by atoms with Crippen molar-refractivity contribution in [3.63, 3.8) is 0 Å². The minimum atomic E-state index is -3.33. The first-order chi connectivity index (χ1) is 12.7. The van der Waals surface area contributed by atoms with E-state index in [9.17, 15) is 23.3 Å². The van der Waals surface area contributed by atoms with Crippen LogP contribution in [0.3, 0.4) is 0 Å². The van der Waals surface area contributed by atoms with Crippen LogP contribution in [0.2, 0.25) is 0 Å². The van der Waals surface area contributed by atoms with E-state index in [0.717, 1.165) is 4.70 Å². The van der Waals surface area contributed by atoms with Gasteiger partial charge in [0, 0.05) is 24.7 Å². The molecule has 0 aliphatic carbocycles. The predicted molar refractivity (Wildman–Crippen MR) is 102 cm³/mol. The van der Waals surface area contributed by atoms with E-state index in [1.165, 1.54) is 47.7 Å². The quantitative estimate of drug-likeness (QED) is 0.489. The molecule has 0 bridgehead atoms. The topological polar surface area (TPSA) is 112 Å². The maximum Gasteiger partial charge on any atom is 0.279 e. The third-order valence-corrected chi connectivity index (χ3v) is 6.90. The third kappa shape index (κ3) is 3.67. The van der Waals surface area contributed by atoms with E-state index in [-0.39, 0.29) is 21.9 Å². The van der Waals surface area contributed by atoms with Gasteiger partial charge in [0.1, 0.15) is 0 Å². The van der Waals surface area contributed by atoms with Crippen LogP contribution in [0.15, 0.2) is 52.4 Å². The molecule has 1 aromatic heterocycles. The standard InChI is InChI=1S/C17H15N3O5S2/c1-3-27(24,25)13-7-4-11(5-8-13)16(21)18-17-19(2)14-10-12(20(22)23)6-9-15(14)26-17/h4-10H,3H2,1-2H3. The maximum absolute atomic E-state index is 12.4. The maximum atomic E-state index is 12.4. The molecule has 3 rings (SSSR count). The molecule has 2 aromatic carbocycles. The Labute approximate surface area is 158 Å². The van der Waals surface area contributed by atoms with Crippen LogP contribution in [0.5, 0.6) is 0 Å². The SMILES string of the molecule is CCS(=O)(=O)c1ccc(C(=O)N=c2sc3ccc([N+](=O)[O-])cc3n2C)cc1. The van der Waals surface area contributed by atoms with Crippen LogP contribution < -0.4 is 4.80 Å². The zero-order chi connectivity index (χ0) is 19.8. The molecular formula is C17H15N3O5S2. The summed E-state index contributed by atoms with van der Waals surface area (Å²) in [6, 6.07) is 10.1. The van der Waals surface area contributed by atoms with Gasteiger partial charge in [-0.1, -0.05) is 18.3 Å². The van der Waals surface area contributed by atoms with Crippen molar-refractivity contribution in [1.82, 2.24) is 4.57 Å². The number of nitro groups is 1. The lowest BCUT2D eigenvalue weighted by Gasteiger charge is -2.01. The smallest absolute Gasteiger partial charge is 0.279 e. The van der Waals surface area contributed by atoms with Crippen LogP contribution in [0, 0.1) is 10.1 Å². The molecule has 8 nitrogen and oxygen atoms in total. The zero-order valence-corrected chi connectivity index (χ0v) is 16.1. The first-order valence-corrected chi connectivity index (χ1v) is 10.4. The van der Waals surface area contributed by atoms with Crippen molar-refractivity contribution in [1.29, 1.82) is 0 Å². The number of carbonyl (C=O) groups is 1. The average molecular weight is 405 g/mol. The molecule has 1 heterocycles. The molecule has 0 fully saturated rings. The number of nitrogens with zero attached hydrogens (tertiary/aromatic N) is 3. The number of hydrogen-bond acceptors (Lipinski definition) is 6. The van der Waals surface area contributed by atoms with Crippen molar-refractivity contribution in [2.24, 2.45) is 12.0 Å². The fourth-order valence-electron chi connectivity index (χ4n) is 2.46. The Morgan fingerprint density at radius 2 is 1.89 bits per heavy atom. The highest BCUT2D eigenvalue weighted by Gasteiger charge is 2.14. The molecule has 0 saturated carbocycles. The Morgan fingerprint density at radius 1 is 1.22 bits per heavy atom. The van der Waals surface area contributed by atoms with Gasteiger partial charge in [0.25, 0.3) is 11.6 Å².